The number of aryl methyl sites for hydroxylation is 1. The van der Waals surface area contributed by atoms with Crippen LogP contribution in [0.5, 0.6) is 0 Å². The summed E-state index contributed by atoms with van der Waals surface area (Å²) in [5.41, 5.74) is 1.39. The zero-order valence-electron chi connectivity index (χ0n) is 13.4. The second-order valence-electron chi connectivity index (χ2n) is 6.90. The lowest BCUT2D eigenvalue weighted by Crippen LogP contribution is -2.29. The molecule has 1 fully saturated rings. The van der Waals surface area contributed by atoms with Crippen LogP contribution in [-0.2, 0) is 16.6 Å². The second kappa shape index (κ2) is 5.70. The predicted octanol–water partition coefficient (Wildman–Crippen LogP) is 1.54. The minimum atomic E-state index is -3.52. The van der Waals surface area contributed by atoms with Crippen molar-refractivity contribution in [1.82, 2.24) is 20.2 Å². The molecule has 0 aromatic carbocycles. The highest BCUT2D eigenvalue weighted by molar-refractivity contribution is 7.89. The fourth-order valence-electron chi connectivity index (χ4n) is 2.45. The average Bonchev–Trinajstić information content (AvgIpc) is 2.78. The van der Waals surface area contributed by atoms with Gasteiger partial charge < -0.3 is 5.32 Å². The Morgan fingerprint density at radius 2 is 2.05 bits per heavy atom. The van der Waals surface area contributed by atoms with Gasteiger partial charge in [-0.1, -0.05) is 27.7 Å². The summed E-state index contributed by atoms with van der Waals surface area (Å²) in [4.78, 5) is 0.286. The van der Waals surface area contributed by atoms with Gasteiger partial charge in [0.05, 0.1) is 11.4 Å². The molecule has 1 heterocycles. The van der Waals surface area contributed by atoms with Crippen molar-refractivity contribution in [2.45, 2.75) is 58.5 Å². The molecule has 1 aromatic heterocycles. The Kier molecular flexibility index (Phi) is 4.46. The van der Waals surface area contributed by atoms with E-state index in [0.717, 1.165) is 6.42 Å². The fraction of sp³-hybridized carbons (Fsp3) is 0.786. The molecule has 1 saturated carbocycles. The van der Waals surface area contributed by atoms with E-state index in [-0.39, 0.29) is 16.4 Å². The van der Waals surface area contributed by atoms with Crippen molar-refractivity contribution in [2.24, 2.45) is 11.3 Å². The maximum atomic E-state index is 12.5. The number of hydrogen-bond acceptors (Lipinski definition) is 4. The van der Waals surface area contributed by atoms with E-state index in [1.807, 2.05) is 13.8 Å². The summed E-state index contributed by atoms with van der Waals surface area (Å²) in [6, 6.07) is 0.276. The van der Waals surface area contributed by atoms with Gasteiger partial charge >= 0.3 is 0 Å². The number of sulfonamides is 1. The lowest BCUT2D eigenvalue weighted by atomic mass is 10.1. The highest BCUT2D eigenvalue weighted by Crippen LogP contribution is 2.51. The molecule has 0 saturated heterocycles. The normalized spacial score (nSPS) is 21.0. The first-order valence-electron chi connectivity index (χ1n) is 7.40. The van der Waals surface area contributed by atoms with E-state index >= 15 is 0 Å². The summed E-state index contributed by atoms with van der Waals surface area (Å²) in [7, 11) is -3.52. The number of nitrogens with one attached hydrogen (secondary N) is 3. The van der Waals surface area contributed by atoms with Gasteiger partial charge in [0.1, 0.15) is 4.90 Å². The van der Waals surface area contributed by atoms with E-state index in [2.05, 4.69) is 34.1 Å². The molecule has 0 aliphatic heterocycles. The van der Waals surface area contributed by atoms with E-state index in [1.54, 1.807) is 6.92 Å². The van der Waals surface area contributed by atoms with Crippen LogP contribution in [0.15, 0.2) is 4.90 Å². The molecule has 1 unspecified atom stereocenters. The molecule has 3 N–H and O–H groups in total. The van der Waals surface area contributed by atoms with Gasteiger partial charge in [-0.15, -0.1) is 0 Å². The summed E-state index contributed by atoms with van der Waals surface area (Å²) < 4.78 is 27.8. The predicted molar refractivity (Wildman–Crippen MR) is 82.4 cm³/mol. The monoisotopic (exact) mass is 314 g/mol. The Morgan fingerprint density at radius 3 is 2.57 bits per heavy atom. The minimum Gasteiger partial charge on any atom is -0.309 e. The van der Waals surface area contributed by atoms with Crippen LogP contribution in [-0.4, -0.2) is 31.2 Å². The Labute approximate surface area is 127 Å². The molecule has 0 amide bonds. The molecule has 120 valence electrons. The molecule has 0 bridgehead atoms. The van der Waals surface area contributed by atoms with Gasteiger partial charge in [-0.25, -0.2) is 13.1 Å². The van der Waals surface area contributed by atoms with Crippen LogP contribution in [0, 0.1) is 18.3 Å². The highest BCUT2D eigenvalue weighted by atomic mass is 32.2. The quantitative estimate of drug-likeness (QED) is 0.712. The summed E-state index contributed by atoms with van der Waals surface area (Å²) in [5, 5.41) is 10.1. The smallest absolute Gasteiger partial charge is 0.244 e. The molecule has 2 rings (SSSR count). The van der Waals surface area contributed by atoms with Gasteiger partial charge in [0.15, 0.2) is 0 Å². The molecule has 7 heteroatoms. The van der Waals surface area contributed by atoms with Gasteiger partial charge in [-0.2, -0.15) is 5.10 Å². The Bertz CT molecular complexity index is 604. The van der Waals surface area contributed by atoms with Crippen LogP contribution in [0.2, 0.25) is 0 Å². The first-order valence-corrected chi connectivity index (χ1v) is 8.88. The summed E-state index contributed by atoms with van der Waals surface area (Å²) in [6.45, 7) is 11.0. The molecule has 1 aromatic rings. The largest absolute Gasteiger partial charge is 0.309 e. The van der Waals surface area contributed by atoms with E-state index in [4.69, 9.17) is 0 Å². The summed E-state index contributed by atoms with van der Waals surface area (Å²) in [6.07, 6.45) is 1.07. The van der Waals surface area contributed by atoms with E-state index in [1.165, 1.54) is 0 Å². The third-order valence-corrected chi connectivity index (χ3v) is 5.77. The number of nitrogens with zero attached hydrogens (tertiary/aromatic N) is 1. The number of hydrogen-bond donors (Lipinski definition) is 3. The lowest BCUT2D eigenvalue weighted by Gasteiger charge is -2.10. The zero-order valence-corrected chi connectivity index (χ0v) is 14.3. The van der Waals surface area contributed by atoms with Crippen LogP contribution in [0.3, 0.4) is 0 Å². The number of aromatic amines is 1. The van der Waals surface area contributed by atoms with Crippen molar-refractivity contribution in [3.8, 4) is 0 Å². The molecule has 21 heavy (non-hydrogen) atoms. The SMILES string of the molecule is Cc1[nH]nc(CNC(C)C)c1S(=O)(=O)NCC1CC1(C)C. The van der Waals surface area contributed by atoms with E-state index < -0.39 is 10.0 Å². The van der Waals surface area contributed by atoms with Gasteiger partial charge in [-0.05, 0) is 24.7 Å². The van der Waals surface area contributed by atoms with E-state index in [9.17, 15) is 8.42 Å². The van der Waals surface area contributed by atoms with Crippen LogP contribution < -0.4 is 10.0 Å². The van der Waals surface area contributed by atoms with Gasteiger partial charge in [0.25, 0.3) is 0 Å². The third-order valence-electron chi connectivity index (χ3n) is 4.15. The van der Waals surface area contributed by atoms with Crippen LogP contribution >= 0.6 is 0 Å². The standard InChI is InChI=1S/C14H26N4O2S/c1-9(2)15-8-12-13(10(3)17-18-12)21(19,20)16-7-11-6-14(11,4)5/h9,11,15-16H,6-8H2,1-5H3,(H,17,18). The van der Waals surface area contributed by atoms with Crippen molar-refractivity contribution in [3.63, 3.8) is 0 Å². The summed E-state index contributed by atoms with van der Waals surface area (Å²) >= 11 is 0. The minimum absolute atomic E-state index is 0.260. The lowest BCUT2D eigenvalue weighted by molar-refractivity contribution is 0.535. The van der Waals surface area contributed by atoms with Gasteiger partial charge in [0, 0.05) is 19.1 Å². The van der Waals surface area contributed by atoms with E-state index in [0.29, 0.717) is 30.4 Å². The van der Waals surface area contributed by atoms with Crippen molar-refractivity contribution in [1.29, 1.82) is 0 Å². The topological polar surface area (TPSA) is 86.9 Å². The molecule has 1 aliphatic carbocycles. The molecular formula is C14H26N4O2S. The van der Waals surface area contributed by atoms with Crippen LogP contribution in [0.1, 0.15) is 45.5 Å². The number of rotatable bonds is 7. The van der Waals surface area contributed by atoms with Crippen LogP contribution in [0.25, 0.3) is 0 Å². The average molecular weight is 314 g/mol. The zero-order chi connectivity index (χ0) is 15.8. The maximum Gasteiger partial charge on any atom is 0.244 e. The second-order valence-corrected chi connectivity index (χ2v) is 8.61. The Hall–Kier alpha value is -0.920. The first-order chi connectivity index (χ1) is 9.63. The highest BCUT2D eigenvalue weighted by Gasteiger charge is 2.45. The van der Waals surface area contributed by atoms with Crippen molar-refractivity contribution in [2.75, 3.05) is 6.54 Å². The number of aromatic nitrogens is 2. The first kappa shape index (κ1) is 16.5. The Balaban J connectivity index is 2.10. The third kappa shape index (κ3) is 3.84. The summed E-state index contributed by atoms with van der Waals surface area (Å²) in [5.74, 6) is 0.428. The fourth-order valence-corrected chi connectivity index (χ4v) is 3.90. The molecule has 1 atom stereocenters. The van der Waals surface area contributed by atoms with Gasteiger partial charge in [-0.3, -0.25) is 5.10 Å². The van der Waals surface area contributed by atoms with Crippen molar-refractivity contribution < 1.29 is 8.42 Å². The number of H-pyrrole nitrogens is 1. The van der Waals surface area contributed by atoms with Crippen molar-refractivity contribution in [3.05, 3.63) is 11.4 Å². The molecule has 0 radical (unpaired) electrons. The van der Waals surface area contributed by atoms with Crippen LogP contribution in [0.4, 0.5) is 0 Å². The Morgan fingerprint density at radius 1 is 1.43 bits per heavy atom. The molecule has 1 aliphatic rings. The molecule has 0 spiro atoms. The maximum absolute atomic E-state index is 12.5. The van der Waals surface area contributed by atoms with Gasteiger partial charge in [0.2, 0.25) is 10.0 Å². The molecular weight excluding hydrogens is 288 g/mol. The molecule has 6 nitrogen and oxygen atoms in total. The van der Waals surface area contributed by atoms with Crippen molar-refractivity contribution >= 4 is 10.0 Å².